The quantitative estimate of drug-likeness (QED) is 0.859. The molecule has 2 N–H and O–H groups in total. The van der Waals surface area contributed by atoms with Crippen LogP contribution in [-0.4, -0.2) is 31.2 Å². The second-order valence-corrected chi connectivity index (χ2v) is 3.71. The maximum Gasteiger partial charge on any atom is 0.204 e. The molecular weight excluding hydrogens is 244 g/mol. The van der Waals surface area contributed by atoms with Gasteiger partial charge in [0, 0.05) is 12.7 Å². The molecule has 1 aromatic carbocycles. The van der Waals surface area contributed by atoms with E-state index >= 15 is 0 Å². The molecule has 0 bridgehead atoms. The molecule has 0 saturated heterocycles. The zero-order valence-electron chi connectivity index (χ0n) is 11.1. The lowest BCUT2D eigenvalue weighted by atomic mass is 10.3. The minimum Gasteiger partial charge on any atom is -0.497 e. The van der Waals surface area contributed by atoms with Crippen LogP contribution in [0.5, 0.6) is 11.5 Å². The molecule has 0 atom stereocenters. The summed E-state index contributed by atoms with van der Waals surface area (Å²) >= 11 is 0. The predicted molar refractivity (Wildman–Crippen MR) is 74.4 cm³/mol. The summed E-state index contributed by atoms with van der Waals surface area (Å²) < 4.78 is 10.4. The molecule has 0 aliphatic carbocycles. The van der Waals surface area contributed by atoms with E-state index in [0.717, 1.165) is 11.4 Å². The third kappa shape index (κ3) is 2.85. The van der Waals surface area contributed by atoms with Gasteiger partial charge in [-0.05, 0) is 24.3 Å². The molecule has 0 amide bonds. The number of rotatable bonds is 5. The number of aromatic nitrogens is 2. The Balaban J connectivity index is 2.26. The number of hydrogen-bond donors (Lipinski definition) is 2. The molecule has 0 saturated carbocycles. The summed E-state index contributed by atoms with van der Waals surface area (Å²) in [6.07, 6.45) is 1.47. The number of nitrogens with zero attached hydrogens (tertiary/aromatic N) is 2. The Morgan fingerprint density at radius 2 is 1.63 bits per heavy atom. The summed E-state index contributed by atoms with van der Waals surface area (Å²) in [5, 5.41) is 6.13. The molecule has 2 aromatic rings. The van der Waals surface area contributed by atoms with E-state index < -0.39 is 0 Å². The van der Waals surface area contributed by atoms with Gasteiger partial charge in [0.25, 0.3) is 0 Å². The first-order valence-corrected chi connectivity index (χ1v) is 5.76. The van der Waals surface area contributed by atoms with Crippen LogP contribution in [0.3, 0.4) is 0 Å². The number of ether oxygens (including phenoxy) is 2. The van der Waals surface area contributed by atoms with Crippen LogP contribution in [0, 0.1) is 0 Å². The molecule has 0 radical (unpaired) electrons. The number of methoxy groups -OCH3 is 2. The standard InChI is InChI=1S/C13H16N4O2/c1-14-12-11(19-3)13(16-8-15-12)17-9-4-6-10(18-2)7-5-9/h4-8H,1-3H3,(H2,14,15,16,17). The molecule has 19 heavy (non-hydrogen) atoms. The van der Waals surface area contributed by atoms with E-state index in [2.05, 4.69) is 20.6 Å². The average Bonchev–Trinajstić information content (AvgIpc) is 2.47. The van der Waals surface area contributed by atoms with Gasteiger partial charge < -0.3 is 20.1 Å². The van der Waals surface area contributed by atoms with Crippen molar-refractivity contribution in [1.82, 2.24) is 9.97 Å². The summed E-state index contributed by atoms with van der Waals surface area (Å²) in [7, 11) is 5.00. The van der Waals surface area contributed by atoms with Crippen LogP contribution in [-0.2, 0) is 0 Å². The highest BCUT2D eigenvalue weighted by Gasteiger charge is 2.10. The molecular formula is C13H16N4O2. The van der Waals surface area contributed by atoms with Gasteiger partial charge in [0.2, 0.25) is 5.75 Å². The van der Waals surface area contributed by atoms with E-state index in [0.29, 0.717) is 17.4 Å². The maximum atomic E-state index is 5.31. The van der Waals surface area contributed by atoms with Crippen molar-refractivity contribution in [2.75, 3.05) is 31.9 Å². The van der Waals surface area contributed by atoms with Crippen LogP contribution in [0.25, 0.3) is 0 Å². The second kappa shape index (κ2) is 5.90. The first kappa shape index (κ1) is 12.9. The molecule has 0 aliphatic rings. The van der Waals surface area contributed by atoms with E-state index in [4.69, 9.17) is 9.47 Å². The topological polar surface area (TPSA) is 68.3 Å². The first-order valence-electron chi connectivity index (χ1n) is 5.76. The van der Waals surface area contributed by atoms with Crippen molar-refractivity contribution in [3.05, 3.63) is 30.6 Å². The SMILES string of the molecule is CNc1ncnc(Nc2ccc(OC)cc2)c1OC. The first-order chi connectivity index (χ1) is 9.28. The van der Waals surface area contributed by atoms with Crippen molar-refractivity contribution >= 4 is 17.3 Å². The number of anilines is 3. The van der Waals surface area contributed by atoms with Crippen LogP contribution in [0.1, 0.15) is 0 Å². The molecule has 0 aliphatic heterocycles. The number of benzene rings is 1. The Bertz CT molecular complexity index is 543. The molecule has 0 fully saturated rings. The fourth-order valence-corrected chi connectivity index (χ4v) is 1.65. The zero-order chi connectivity index (χ0) is 13.7. The van der Waals surface area contributed by atoms with Gasteiger partial charge in [-0.2, -0.15) is 0 Å². The lowest BCUT2D eigenvalue weighted by Crippen LogP contribution is -2.03. The Labute approximate surface area is 111 Å². The van der Waals surface area contributed by atoms with Gasteiger partial charge in [0.1, 0.15) is 12.1 Å². The van der Waals surface area contributed by atoms with Gasteiger partial charge in [-0.25, -0.2) is 9.97 Å². The minimum absolute atomic E-state index is 0.570. The van der Waals surface area contributed by atoms with Gasteiger partial charge in [0.15, 0.2) is 11.6 Å². The monoisotopic (exact) mass is 260 g/mol. The summed E-state index contributed by atoms with van der Waals surface area (Å²) in [5.74, 6) is 2.61. The van der Waals surface area contributed by atoms with Gasteiger partial charge in [-0.3, -0.25) is 0 Å². The Hall–Kier alpha value is -2.50. The van der Waals surface area contributed by atoms with E-state index in [1.54, 1.807) is 21.3 Å². The molecule has 0 unspecified atom stereocenters. The van der Waals surface area contributed by atoms with Crippen molar-refractivity contribution in [2.24, 2.45) is 0 Å². The van der Waals surface area contributed by atoms with E-state index in [9.17, 15) is 0 Å². The Kier molecular flexibility index (Phi) is 4.02. The highest BCUT2D eigenvalue weighted by molar-refractivity contribution is 5.69. The normalized spacial score (nSPS) is 9.84. The van der Waals surface area contributed by atoms with Gasteiger partial charge in [-0.1, -0.05) is 0 Å². The average molecular weight is 260 g/mol. The van der Waals surface area contributed by atoms with E-state index in [-0.39, 0.29) is 0 Å². The fourth-order valence-electron chi connectivity index (χ4n) is 1.65. The Morgan fingerprint density at radius 1 is 0.947 bits per heavy atom. The number of hydrogen-bond acceptors (Lipinski definition) is 6. The van der Waals surface area contributed by atoms with Gasteiger partial charge >= 0.3 is 0 Å². The lowest BCUT2D eigenvalue weighted by Gasteiger charge is -2.12. The van der Waals surface area contributed by atoms with Crippen LogP contribution >= 0.6 is 0 Å². The highest BCUT2D eigenvalue weighted by Crippen LogP contribution is 2.31. The van der Waals surface area contributed by atoms with E-state index in [1.165, 1.54) is 6.33 Å². The third-order valence-electron chi connectivity index (χ3n) is 2.60. The molecule has 6 heteroatoms. The minimum atomic E-state index is 0.570. The second-order valence-electron chi connectivity index (χ2n) is 3.71. The van der Waals surface area contributed by atoms with Crippen LogP contribution in [0.2, 0.25) is 0 Å². The van der Waals surface area contributed by atoms with Crippen molar-refractivity contribution in [3.8, 4) is 11.5 Å². The van der Waals surface area contributed by atoms with Crippen molar-refractivity contribution < 1.29 is 9.47 Å². The predicted octanol–water partition coefficient (Wildman–Crippen LogP) is 2.28. The summed E-state index contributed by atoms with van der Waals surface area (Å²) in [6, 6.07) is 7.54. The van der Waals surface area contributed by atoms with Gasteiger partial charge in [-0.15, -0.1) is 0 Å². The molecule has 0 spiro atoms. The fraction of sp³-hybridized carbons (Fsp3) is 0.231. The molecule has 2 rings (SSSR count). The van der Waals surface area contributed by atoms with Crippen molar-refractivity contribution in [2.45, 2.75) is 0 Å². The molecule has 1 aromatic heterocycles. The lowest BCUT2D eigenvalue weighted by molar-refractivity contribution is 0.414. The van der Waals surface area contributed by atoms with Crippen molar-refractivity contribution in [3.63, 3.8) is 0 Å². The molecule has 100 valence electrons. The number of nitrogens with one attached hydrogen (secondary N) is 2. The maximum absolute atomic E-state index is 5.31. The highest BCUT2D eigenvalue weighted by atomic mass is 16.5. The Morgan fingerprint density at radius 3 is 2.21 bits per heavy atom. The molecule has 6 nitrogen and oxygen atoms in total. The van der Waals surface area contributed by atoms with Crippen molar-refractivity contribution in [1.29, 1.82) is 0 Å². The third-order valence-corrected chi connectivity index (χ3v) is 2.60. The van der Waals surface area contributed by atoms with Gasteiger partial charge in [0.05, 0.1) is 14.2 Å². The summed E-state index contributed by atoms with van der Waals surface area (Å²) in [6.45, 7) is 0. The largest absolute Gasteiger partial charge is 0.497 e. The summed E-state index contributed by atoms with van der Waals surface area (Å²) in [5.41, 5.74) is 0.889. The molecule has 1 heterocycles. The van der Waals surface area contributed by atoms with Crippen LogP contribution in [0.15, 0.2) is 30.6 Å². The summed E-state index contributed by atoms with van der Waals surface area (Å²) in [4.78, 5) is 8.27. The van der Waals surface area contributed by atoms with Crippen LogP contribution < -0.4 is 20.1 Å². The smallest absolute Gasteiger partial charge is 0.204 e. The van der Waals surface area contributed by atoms with E-state index in [1.807, 2.05) is 24.3 Å². The van der Waals surface area contributed by atoms with Crippen LogP contribution in [0.4, 0.5) is 17.3 Å². The zero-order valence-corrected chi connectivity index (χ0v) is 11.1.